The van der Waals surface area contributed by atoms with Crippen molar-refractivity contribution in [1.29, 1.82) is 0 Å². The van der Waals surface area contributed by atoms with Crippen LogP contribution in [0, 0.1) is 0 Å². The molecule has 2 aromatic carbocycles. The second-order valence-corrected chi connectivity index (χ2v) is 5.95. The van der Waals surface area contributed by atoms with E-state index in [1.807, 2.05) is 42.5 Å². The molecule has 3 amide bonds. The van der Waals surface area contributed by atoms with E-state index in [0.29, 0.717) is 17.8 Å². The number of para-hydroxylation sites is 1. The Morgan fingerprint density at radius 1 is 1.00 bits per heavy atom. The summed E-state index contributed by atoms with van der Waals surface area (Å²) >= 11 is 0. The number of hydrogen-bond donors (Lipinski definition) is 2. The highest BCUT2D eigenvalue weighted by Gasteiger charge is 2.14. The minimum absolute atomic E-state index is 0.152. The number of rotatable bonds is 5. The maximum atomic E-state index is 12.7. The van der Waals surface area contributed by atoms with Crippen LogP contribution in [0.25, 0.3) is 0 Å². The van der Waals surface area contributed by atoms with Crippen molar-refractivity contribution in [3.05, 3.63) is 90.3 Å². The van der Waals surface area contributed by atoms with Crippen molar-refractivity contribution in [2.75, 3.05) is 17.3 Å². The number of nitrogens with zero attached hydrogens (tertiary/aromatic N) is 2. The fraction of sp³-hybridized carbons (Fsp3) is 0.0952. The molecular weight excluding hydrogens is 340 g/mol. The second-order valence-electron chi connectivity index (χ2n) is 5.95. The lowest BCUT2D eigenvalue weighted by Crippen LogP contribution is -2.29. The molecule has 0 spiro atoms. The van der Waals surface area contributed by atoms with Crippen molar-refractivity contribution >= 4 is 23.3 Å². The van der Waals surface area contributed by atoms with Crippen LogP contribution in [0.2, 0.25) is 0 Å². The van der Waals surface area contributed by atoms with Crippen LogP contribution in [0.15, 0.2) is 79.1 Å². The Kier molecular flexibility index (Phi) is 5.79. The topological polar surface area (TPSA) is 74.3 Å². The third-order valence-corrected chi connectivity index (χ3v) is 3.99. The molecule has 0 aliphatic rings. The molecule has 2 N–H and O–H groups in total. The van der Waals surface area contributed by atoms with Gasteiger partial charge in [-0.2, -0.15) is 0 Å². The van der Waals surface area contributed by atoms with Crippen LogP contribution in [0.3, 0.4) is 0 Å². The summed E-state index contributed by atoms with van der Waals surface area (Å²) in [4.78, 5) is 30.3. The third-order valence-electron chi connectivity index (χ3n) is 3.99. The van der Waals surface area contributed by atoms with Crippen molar-refractivity contribution < 1.29 is 9.59 Å². The summed E-state index contributed by atoms with van der Waals surface area (Å²) < 4.78 is 0. The smallest absolute Gasteiger partial charge is 0.319 e. The van der Waals surface area contributed by atoms with Gasteiger partial charge in [0.15, 0.2) is 0 Å². The van der Waals surface area contributed by atoms with Crippen molar-refractivity contribution in [1.82, 2.24) is 10.3 Å². The number of urea groups is 1. The number of hydrogen-bond acceptors (Lipinski definition) is 3. The zero-order valence-electron chi connectivity index (χ0n) is 14.9. The van der Waals surface area contributed by atoms with Gasteiger partial charge in [0.25, 0.3) is 5.91 Å². The Morgan fingerprint density at radius 2 is 1.81 bits per heavy atom. The van der Waals surface area contributed by atoms with Gasteiger partial charge in [0, 0.05) is 42.9 Å². The van der Waals surface area contributed by atoms with E-state index in [-0.39, 0.29) is 11.9 Å². The zero-order valence-corrected chi connectivity index (χ0v) is 14.9. The zero-order chi connectivity index (χ0) is 19.1. The Morgan fingerprint density at radius 3 is 2.56 bits per heavy atom. The number of amides is 3. The lowest BCUT2D eigenvalue weighted by Gasteiger charge is -2.17. The van der Waals surface area contributed by atoms with Gasteiger partial charge in [-0.3, -0.25) is 9.78 Å². The van der Waals surface area contributed by atoms with Gasteiger partial charge in [-0.25, -0.2) is 4.79 Å². The van der Waals surface area contributed by atoms with E-state index < -0.39 is 0 Å². The minimum atomic E-state index is -0.347. The van der Waals surface area contributed by atoms with Crippen molar-refractivity contribution in [3.63, 3.8) is 0 Å². The molecule has 27 heavy (non-hydrogen) atoms. The average molecular weight is 360 g/mol. The molecule has 0 aliphatic carbocycles. The summed E-state index contributed by atoms with van der Waals surface area (Å²) in [5.74, 6) is -0.152. The highest BCUT2D eigenvalue weighted by Crippen LogP contribution is 2.17. The minimum Gasteiger partial charge on any atom is -0.334 e. The Bertz CT molecular complexity index is 914. The number of pyridine rings is 1. The predicted octanol–water partition coefficient (Wildman–Crippen LogP) is 3.68. The van der Waals surface area contributed by atoms with E-state index in [2.05, 4.69) is 15.6 Å². The van der Waals surface area contributed by atoms with Crippen LogP contribution in [-0.4, -0.2) is 24.0 Å². The Balaban J connectivity index is 1.63. The summed E-state index contributed by atoms with van der Waals surface area (Å²) in [6, 6.07) is 19.6. The first-order chi connectivity index (χ1) is 13.1. The standard InChI is InChI=1S/C21H20N4O2/c1-25(19-10-3-2-4-11-19)20(26)17-8-5-9-18(13-17)24-21(27)23-15-16-7-6-12-22-14-16/h2-14H,15H2,1H3,(H2,23,24,27). The van der Waals surface area contributed by atoms with E-state index in [1.165, 1.54) is 0 Å². The van der Waals surface area contributed by atoms with Crippen molar-refractivity contribution in [3.8, 4) is 0 Å². The van der Waals surface area contributed by atoms with Gasteiger partial charge < -0.3 is 15.5 Å². The van der Waals surface area contributed by atoms with E-state index in [1.54, 1.807) is 48.6 Å². The van der Waals surface area contributed by atoms with E-state index in [9.17, 15) is 9.59 Å². The van der Waals surface area contributed by atoms with Gasteiger partial charge in [0.2, 0.25) is 0 Å². The molecule has 136 valence electrons. The van der Waals surface area contributed by atoms with Crippen molar-refractivity contribution in [2.45, 2.75) is 6.54 Å². The predicted molar refractivity (Wildman–Crippen MR) is 106 cm³/mol. The number of anilines is 2. The van der Waals surface area contributed by atoms with Crippen LogP contribution >= 0.6 is 0 Å². The number of nitrogens with one attached hydrogen (secondary N) is 2. The summed E-state index contributed by atoms with van der Waals surface area (Å²) in [5.41, 5.74) is 2.74. The van der Waals surface area contributed by atoms with Crippen LogP contribution in [0.1, 0.15) is 15.9 Å². The molecule has 0 radical (unpaired) electrons. The normalized spacial score (nSPS) is 10.1. The maximum absolute atomic E-state index is 12.7. The molecule has 0 bridgehead atoms. The highest BCUT2D eigenvalue weighted by atomic mass is 16.2. The molecule has 0 aliphatic heterocycles. The fourth-order valence-corrected chi connectivity index (χ4v) is 2.55. The quantitative estimate of drug-likeness (QED) is 0.729. The monoisotopic (exact) mass is 360 g/mol. The summed E-state index contributed by atoms with van der Waals surface area (Å²) in [6.45, 7) is 0.370. The van der Waals surface area contributed by atoms with Gasteiger partial charge in [-0.05, 0) is 42.0 Å². The van der Waals surface area contributed by atoms with Crippen LogP contribution in [0.5, 0.6) is 0 Å². The second kappa shape index (κ2) is 8.62. The lowest BCUT2D eigenvalue weighted by atomic mass is 10.1. The number of benzene rings is 2. The number of carbonyl (C=O) groups excluding carboxylic acids is 2. The SMILES string of the molecule is CN(C(=O)c1cccc(NC(=O)NCc2cccnc2)c1)c1ccccc1. The molecule has 0 fully saturated rings. The Hall–Kier alpha value is -3.67. The molecule has 0 saturated heterocycles. The first kappa shape index (κ1) is 18.1. The Labute approximate surface area is 157 Å². The molecule has 1 heterocycles. The third kappa shape index (κ3) is 4.92. The molecule has 6 nitrogen and oxygen atoms in total. The van der Waals surface area contributed by atoms with E-state index in [4.69, 9.17) is 0 Å². The summed E-state index contributed by atoms with van der Waals surface area (Å²) in [6.07, 6.45) is 3.37. The first-order valence-corrected chi connectivity index (χ1v) is 8.50. The molecule has 1 aromatic heterocycles. The molecule has 0 unspecified atom stereocenters. The van der Waals surface area contributed by atoms with E-state index >= 15 is 0 Å². The molecular formula is C21H20N4O2. The fourth-order valence-electron chi connectivity index (χ4n) is 2.55. The van der Waals surface area contributed by atoms with Gasteiger partial charge in [0.05, 0.1) is 0 Å². The average Bonchev–Trinajstić information content (AvgIpc) is 2.73. The largest absolute Gasteiger partial charge is 0.334 e. The van der Waals surface area contributed by atoms with Crippen LogP contribution < -0.4 is 15.5 Å². The first-order valence-electron chi connectivity index (χ1n) is 8.50. The summed E-state index contributed by atoms with van der Waals surface area (Å²) in [5, 5.41) is 5.50. The van der Waals surface area contributed by atoms with Gasteiger partial charge >= 0.3 is 6.03 Å². The lowest BCUT2D eigenvalue weighted by molar-refractivity contribution is 0.0993. The molecule has 3 aromatic rings. The molecule has 0 saturated carbocycles. The van der Waals surface area contributed by atoms with Gasteiger partial charge in [-0.1, -0.05) is 30.3 Å². The van der Waals surface area contributed by atoms with E-state index in [0.717, 1.165) is 11.3 Å². The number of carbonyl (C=O) groups is 2. The highest BCUT2D eigenvalue weighted by molar-refractivity contribution is 6.06. The van der Waals surface area contributed by atoms with Gasteiger partial charge in [0.1, 0.15) is 0 Å². The van der Waals surface area contributed by atoms with Crippen LogP contribution in [0.4, 0.5) is 16.2 Å². The van der Waals surface area contributed by atoms with Crippen LogP contribution in [-0.2, 0) is 6.54 Å². The number of aromatic nitrogens is 1. The molecule has 3 rings (SSSR count). The van der Waals surface area contributed by atoms with Gasteiger partial charge in [-0.15, -0.1) is 0 Å². The molecule has 0 atom stereocenters. The molecule has 6 heteroatoms. The summed E-state index contributed by atoms with van der Waals surface area (Å²) in [7, 11) is 1.72. The maximum Gasteiger partial charge on any atom is 0.319 e. The van der Waals surface area contributed by atoms with Crippen molar-refractivity contribution in [2.24, 2.45) is 0 Å².